The van der Waals surface area contributed by atoms with Gasteiger partial charge in [0.25, 0.3) is 5.91 Å². The van der Waals surface area contributed by atoms with Crippen LogP contribution in [0.25, 0.3) is 0 Å². The van der Waals surface area contributed by atoms with E-state index in [4.69, 9.17) is 16.9 Å². The van der Waals surface area contributed by atoms with Gasteiger partial charge in [0.1, 0.15) is 6.04 Å². The van der Waals surface area contributed by atoms with Gasteiger partial charge in [-0.15, -0.1) is 11.3 Å². The van der Waals surface area contributed by atoms with E-state index in [0.717, 1.165) is 0 Å². The number of rotatable bonds is 2. The van der Waals surface area contributed by atoms with E-state index >= 15 is 0 Å². The van der Waals surface area contributed by atoms with Crippen LogP contribution in [0.15, 0.2) is 12.1 Å². The van der Waals surface area contributed by atoms with Crippen molar-refractivity contribution in [3.63, 3.8) is 0 Å². The Morgan fingerprint density at radius 1 is 1.77 bits per heavy atom. The Balaban J connectivity index is 2.65. The van der Waals surface area contributed by atoms with Crippen LogP contribution in [-0.2, 0) is 0 Å². The van der Waals surface area contributed by atoms with Gasteiger partial charge < -0.3 is 5.32 Å². The third-order valence-corrected chi connectivity index (χ3v) is 2.57. The summed E-state index contributed by atoms with van der Waals surface area (Å²) in [6, 6.07) is 4.72. The fourth-order valence-electron chi connectivity index (χ4n) is 0.736. The molecule has 0 spiro atoms. The third kappa shape index (κ3) is 2.72. The zero-order valence-electron chi connectivity index (χ0n) is 6.87. The summed E-state index contributed by atoms with van der Waals surface area (Å²) in [4.78, 5) is 11.8. The highest BCUT2D eigenvalue weighted by molar-refractivity contribution is 7.17. The van der Waals surface area contributed by atoms with Gasteiger partial charge in [0, 0.05) is 0 Å². The summed E-state index contributed by atoms with van der Waals surface area (Å²) < 4.78 is 0.565. The molecule has 68 valence electrons. The van der Waals surface area contributed by atoms with E-state index in [1.165, 1.54) is 11.3 Å². The maximum atomic E-state index is 11.3. The predicted octanol–water partition coefficient (Wildman–Crippen LogP) is 2.04. The number of nitriles is 1. The number of hydrogen-bond donors (Lipinski definition) is 1. The minimum Gasteiger partial charge on any atom is -0.336 e. The molecule has 3 nitrogen and oxygen atoms in total. The first-order valence-electron chi connectivity index (χ1n) is 3.59. The summed E-state index contributed by atoms with van der Waals surface area (Å²) in [5.74, 6) is -0.258. The minimum atomic E-state index is -0.478. The molecule has 1 amide bonds. The highest BCUT2D eigenvalue weighted by Crippen LogP contribution is 2.21. The van der Waals surface area contributed by atoms with Gasteiger partial charge in [-0.1, -0.05) is 11.6 Å². The SMILES string of the molecule is C[C@@H](C#N)NC(=O)c1ccc(Cl)s1. The van der Waals surface area contributed by atoms with E-state index in [-0.39, 0.29) is 5.91 Å². The number of nitrogens with zero attached hydrogens (tertiary/aromatic N) is 1. The van der Waals surface area contributed by atoms with Crippen LogP contribution in [0.4, 0.5) is 0 Å². The monoisotopic (exact) mass is 214 g/mol. The third-order valence-electron chi connectivity index (χ3n) is 1.34. The second-order valence-electron chi connectivity index (χ2n) is 2.43. The molecule has 0 aliphatic heterocycles. The first kappa shape index (κ1) is 10.0. The number of amides is 1. The van der Waals surface area contributed by atoms with E-state index in [9.17, 15) is 4.79 Å². The number of hydrogen-bond acceptors (Lipinski definition) is 3. The Labute approximate surface area is 84.9 Å². The lowest BCUT2D eigenvalue weighted by Gasteiger charge is -2.03. The number of carbonyl (C=O) groups excluding carboxylic acids is 1. The maximum Gasteiger partial charge on any atom is 0.262 e. The highest BCUT2D eigenvalue weighted by atomic mass is 35.5. The molecule has 0 unspecified atom stereocenters. The fourth-order valence-corrected chi connectivity index (χ4v) is 1.68. The van der Waals surface area contributed by atoms with E-state index in [2.05, 4.69) is 5.32 Å². The topological polar surface area (TPSA) is 52.9 Å². The number of carbonyl (C=O) groups is 1. The molecule has 0 saturated heterocycles. The van der Waals surface area contributed by atoms with Gasteiger partial charge in [0.15, 0.2) is 0 Å². The molecule has 0 bridgehead atoms. The fraction of sp³-hybridized carbons (Fsp3) is 0.250. The Bertz CT molecular complexity index is 355. The van der Waals surface area contributed by atoms with Crippen molar-refractivity contribution in [3.05, 3.63) is 21.3 Å². The Kier molecular flexibility index (Phi) is 3.29. The number of thiophene rings is 1. The van der Waals surface area contributed by atoms with Crippen LogP contribution < -0.4 is 5.32 Å². The van der Waals surface area contributed by atoms with Gasteiger partial charge in [-0.25, -0.2) is 0 Å². The van der Waals surface area contributed by atoms with Crippen molar-refractivity contribution in [1.82, 2.24) is 5.32 Å². The predicted molar refractivity (Wildman–Crippen MR) is 51.9 cm³/mol. The lowest BCUT2D eigenvalue weighted by molar-refractivity contribution is 0.0952. The normalized spacial score (nSPS) is 11.8. The van der Waals surface area contributed by atoms with E-state index in [1.54, 1.807) is 19.1 Å². The van der Waals surface area contributed by atoms with Crippen molar-refractivity contribution in [2.75, 3.05) is 0 Å². The standard InChI is InChI=1S/C8H7ClN2OS/c1-5(4-10)11-8(12)6-2-3-7(9)13-6/h2-3,5H,1H3,(H,11,12)/t5-/m0/s1. The largest absolute Gasteiger partial charge is 0.336 e. The molecule has 1 atom stereocenters. The van der Waals surface area contributed by atoms with Crippen LogP contribution in [0.5, 0.6) is 0 Å². The molecule has 1 rings (SSSR count). The van der Waals surface area contributed by atoms with E-state index in [0.29, 0.717) is 9.21 Å². The smallest absolute Gasteiger partial charge is 0.262 e. The quantitative estimate of drug-likeness (QED) is 0.819. The first-order valence-corrected chi connectivity index (χ1v) is 4.78. The average molecular weight is 215 g/mol. The Hall–Kier alpha value is -1.05. The lowest BCUT2D eigenvalue weighted by Crippen LogP contribution is -2.30. The zero-order valence-corrected chi connectivity index (χ0v) is 8.45. The summed E-state index contributed by atoms with van der Waals surface area (Å²) >= 11 is 6.84. The molecule has 1 N–H and O–H groups in total. The van der Waals surface area contributed by atoms with Crippen LogP contribution in [0.2, 0.25) is 4.34 Å². The van der Waals surface area contributed by atoms with Crippen molar-refractivity contribution in [2.45, 2.75) is 13.0 Å². The average Bonchev–Trinajstić information content (AvgIpc) is 2.51. The molecule has 0 aromatic carbocycles. The summed E-state index contributed by atoms with van der Waals surface area (Å²) in [7, 11) is 0. The van der Waals surface area contributed by atoms with Crippen LogP contribution in [-0.4, -0.2) is 11.9 Å². The van der Waals surface area contributed by atoms with Crippen LogP contribution in [0, 0.1) is 11.3 Å². The van der Waals surface area contributed by atoms with Crippen LogP contribution >= 0.6 is 22.9 Å². The van der Waals surface area contributed by atoms with Gasteiger partial charge in [-0.2, -0.15) is 5.26 Å². The highest BCUT2D eigenvalue weighted by Gasteiger charge is 2.10. The van der Waals surface area contributed by atoms with Crippen molar-refractivity contribution in [2.24, 2.45) is 0 Å². The number of nitrogens with one attached hydrogen (secondary N) is 1. The summed E-state index contributed by atoms with van der Waals surface area (Å²) in [5.41, 5.74) is 0. The maximum absolute atomic E-state index is 11.3. The summed E-state index contributed by atoms with van der Waals surface area (Å²) in [5, 5.41) is 11.0. The minimum absolute atomic E-state index is 0.258. The lowest BCUT2D eigenvalue weighted by atomic mass is 10.3. The van der Waals surface area contributed by atoms with Crippen LogP contribution in [0.1, 0.15) is 16.6 Å². The molecule has 0 saturated carbocycles. The zero-order chi connectivity index (χ0) is 9.84. The van der Waals surface area contributed by atoms with Crippen molar-refractivity contribution in [1.29, 1.82) is 5.26 Å². The molecule has 13 heavy (non-hydrogen) atoms. The molecular formula is C8H7ClN2OS. The molecule has 0 fully saturated rings. The molecule has 5 heteroatoms. The second-order valence-corrected chi connectivity index (χ2v) is 4.14. The van der Waals surface area contributed by atoms with Gasteiger partial charge in [-0.3, -0.25) is 4.79 Å². The van der Waals surface area contributed by atoms with Crippen LogP contribution in [0.3, 0.4) is 0 Å². The van der Waals surface area contributed by atoms with Gasteiger partial charge >= 0.3 is 0 Å². The Morgan fingerprint density at radius 3 is 2.92 bits per heavy atom. The molecule has 1 heterocycles. The number of halogens is 1. The van der Waals surface area contributed by atoms with Gasteiger partial charge in [0.05, 0.1) is 15.3 Å². The van der Waals surface area contributed by atoms with Crippen molar-refractivity contribution < 1.29 is 4.79 Å². The molecule has 0 aliphatic carbocycles. The first-order chi connectivity index (χ1) is 6.13. The summed E-state index contributed by atoms with van der Waals surface area (Å²) in [6.07, 6.45) is 0. The molecular weight excluding hydrogens is 208 g/mol. The van der Waals surface area contributed by atoms with E-state index < -0.39 is 6.04 Å². The summed E-state index contributed by atoms with van der Waals surface area (Å²) in [6.45, 7) is 1.62. The van der Waals surface area contributed by atoms with Crippen molar-refractivity contribution >= 4 is 28.8 Å². The molecule has 1 aromatic rings. The van der Waals surface area contributed by atoms with E-state index in [1.807, 2.05) is 6.07 Å². The molecule has 1 aromatic heterocycles. The van der Waals surface area contributed by atoms with Gasteiger partial charge in [0.2, 0.25) is 0 Å². The Morgan fingerprint density at radius 2 is 2.46 bits per heavy atom. The van der Waals surface area contributed by atoms with Crippen molar-refractivity contribution in [3.8, 4) is 6.07 Å². The second kappa shape index (κ2) is 4.26. The molecule has 0 aliphatic rings. The van der Waals surface area contributed by atoms with Gasteiger partial charge in [-0.05, 0) is 19.1 Å². The molecule has 0 radical (unpaired) electrons.